The van der Waals surface area contributed by atoms with Gasteiger partial charge in [-0.3, -0.25) is 9.59 Å². The molecule has 0 unspecified atom stereocenters. The maximum absolute atomic E-state index is 11.8. The van der Waals surface area contributed by atoms with Crippen LogP contribution < -0.4 is 10.1 Å². The Balaban J connectivity index is 1.84. The van der Waals surface area contributed by atoms with Gasteiger partial charge in [-0.05, 0) is 36.2 Å². The quantitative estimate of drug-likeness (QED) is 0.753. The SMILES string of the molecule is CCCc1ccc(OCc2ccc(C(=O)NCC(=O)OC)o2)cc1. The molecular formula is C18H21NO5. The van der Waals surface area contributed by atoms with Crippen molar-refractivity contribution in [2.24, 2.45) is 0 Å². The number of hydrogen-bond acceptors (Lipinski definition) is 5. The van der Waals surface area contributed by atoms with Gasteiger partial charge in [-0.15, -0.1) is 0 Å². The molecule has 0 atom stereocenters. The summed E-state index contributed by atoms with van der Waals surface area (Å²) in [5.41, 5.74) is 1.27. The van der Waals surface area contributed by atoms with Crippen molar-refractivity contribution in [3.63, 3.8) is 0 Å². The minimum atomic E-state index is -0.523. The van der Waals surface area contributed by atoms with Crippen LogP contribution in [0.5, 0.6) is 5.75 Å². The fourth-order valence-electron chi connectivity index (χ4n) is 2.08. The number of ether oxygens (including phenoxy) is 2. The maximum Gasteiger partial charge on any atom is 0.325 e. The van der Waals surface area contributed by atoms with E-state index in [1.807, 2.05) is 24.3 Å². The number of carbonyl (C=O) groups is 2. The standard InChI is InChI=1S/C18H21NO5/c1-3-4-13-5-7-14(8-6-13)23-12-15-9-10-16(24-15)18(21)19-11-17(20)22-2/h5-10H,3-4,11-12H2,1-2H3,(H,19,21). The average Bonchev–Trinajstić information content (AvgIpc) is 3.08. The Kier molecular flexibility index (Phi) is 6.42. The Morgan fingerprint density at radius 3 is 2.54 bits per heavy atom. The lowest BCUT2D eigenvalue weighted by Gasteiger charge is -2.05. The summed E-state index contributed by atoms with van der Waals surface area (Å²) in [5.74, 6) is 0.384. The summed E-state index contributed by atoms with van der Waals surface area (Å²) < 4.78 is 15.5. The van der Waals surface area contributed by atoms with E-state index in [9.17, 15) is 9.59 Å². The van der Waals surface area contributed by atoms with E-state index in [4.69, 9.17) is 9.15 Å². The van der Waals surface area contributed by atoms with Crippen LogP contribution in [0.25, 0.3) is 0 Å². The molecule has 0 bridgehead atoms. The van der Waals surface area contributed by atoms with Crippen LogP contribution in [0.3, 0.4) is 0 Å². The number of nitrogens with one attached hydrogen (secondary N) is 1. The van der Waals surface area contributed by atoms with E-state index in [0.717, 1.165) is 18.6 Å². The van der Waals surface area contributed by atoms with E-state index in [1.165, 1.54) is 18.7 Å². The first-order chi connectivity index (χ1) is 11.6. The molecule has 6 nitrogen and oxygen atoms in total. The smallest absolute Gasteiger partial charge is 0.325 e. The van der Waals surface area contributed by atoms with Crippen LogP contribution in [-0.4, -0.2) is 25.5 Å². The highest BCUT2D eigenvalue weighted by molar-refractivity contribution is 5.93. The highest BCUT2D eigenvalue weighted by atomic mass is 16.5. The molecule has 6 heteroatoms. The Bertz CT molecular complexity index is 675. The summed E-state index contributed by atoms with van der Waals surface area (Å²) >= 11 is 0. The molecule has 0 aliphatic carbocycles. The summed E-state index contributed by atoms with van der Waals surface area (Å²) in [6.07, 6.45) is 2.15. The summed E-state index contributed by atoms with van der Waals surface area (Å²) in [6, 6.07) is 11.1. The molecule has 128 valence electrons. The number of esters is 1. The normalized spacial score (nSPS) is 10.2. The third-order valence-corrected chi connectivity index (χ3v) is 3.35. The average molecular weight is 331 g/mol. The van der Waals surface area contributed by atoms with Crippen molar-refractivity contribution in [2.45, 2.75) is 26.4 Å². The third kappa shape index (κ3) is 5.15. The number of benzene rings is 1. The van der Waals surface area contributed by atoms with Crippen LogP contribution >= 0.6 is 0 Å². The molecule has 1 amide bonds. The number of furan rings is 1. The summed E-state index contributed by atoms with van der Waals surface area (Å²) in [4.78, 5) is 22.8. The molecule has 1 N–H and O–H groups in total. The monoisotopic (exact) mass is 331 g/mol. The molecule has 24 heavy (non-hydrogen) atoms. The predicted molar refractivity (Wildman–Crippen MR) is 87.8 cm³/mol. The lowest BCUT2D eigenvalue weighted by atomic mass is 10.1. The molecule has 0 saturated carbocycles. The van der Waals surface area contributed by atoms with Crippen molar-refractivity contribution < 1.29 is 23.5 Å². The molecule has 0 spiro atoms. The van der Waals surface area contributed by atoms with Gasteiger partial charge in [-0.25, -0.2) is 0 Å². The lowest BCUT2D eigenvalue weighted by Crippen LogP contribution is -2.29. The van der Waals surface area contributed by atoms with E-state index in [0.29, 0.717) is 5.76 Å². The van der Waals surface area contributed by atoms with E-state index in [-0.39, 0.29) is 18.9 Å². The summed E-state index contributed by atoms with van der Waals surface area (Å²) in [5, 5.41) is 2.41. The zero-order valence-electron chi connectivity index (χ0n) is 13.8. The van der Waals surface area contributed by atoms with E-state index in [1.54, 1.807) is 6.07 Å². The van der Waals surface area contributed by atoms with E-state index >= 15 is 0 Å². The highest BCUT2D eigenvalue weighted by Crippen LogP contribution is 2.16. The molecule has 0 fully saturated rings. The number of rotatable bonds is 8. The van der Waals surface area contributed by atoms with Crippen LogP contribution in [0.4, 0.5) is 0 Å². The van der Waals surface area contributed by atoms with E-state index in [2.05, 4.69) is 17.0 Å². The Hall–Kier alpha value is -2.76. The second-order valence-electron chi connectivity index (χ2n) is 5.21. The van der Waals surface area contributed by atoms with Crippen LogP contribution in [0, 0.1) is 0 Å². The number of hydrogen-bond donors (Lipinski definition) is 1. The van der Waals surface area contributed by atoms with Crippen LogP contribution in [0.2, 0.25) is 0 Å². The lowest BCUT2D eigenvalue weighted by molar-refractivity contribution is -0.139. The summed E-state index contributed by atoms with van der Waals surface area (Å²) in [6.45, 7) is 2.16. The first kappa shape index (κ1) is 17.6. The van der Waals surface area contributed by atoms with Gasteiger partial charge in [0.25, 0.3) is 5.91 Å². The second-order valence-corrected chi connectivity index (χ2v) is 5.21. The van der Waals surface area contributed by atoms with Crippen molar-refractivity contribution in [1.82, 2.24) is 5.32 Å². The molecular weight excluding hydrogens is 310 g/mol. The molecule has 1 aromatic heterocycles. The van der Waals surface area contributed by atoms with Crippen molar-refractivity contribution in [1.29, 1.82) is 0 Å². The molecule has 1 heterocycles. The van der Waals surface area contributed by atoms with Crippen molar-refractivity contribution >= 4 is 11.9 Å². The van der Waals surface area contributed by atoms with Gasteiger partial charge in [0.15, 0.2) is 5.76 Å². The fourth-order valence-corrected chi connectivity index (χ4v) is 2.08. The largest absolute Gasteiger partial charge is 0.486 e. The number of methoxy groups -OCH3 is 1. The van der Waals surface area contributed by atoms with Gasteiger partial charge in [0.05, 0.1) is 7.11 Å². The second kappa shape index (κ2) is 8.76. The molecule has 2 rings (SSSR count). The van der Waals surface area contributed by atoms with Gasteiger partial charge in [0.1, 0.15) is 24.7 Å². The van der Waals surface area contributed by atoms with Crippen molar-refractivity contribution in [2.75, 3.05) is 13.7 Å². The van der Waals surface area contributed by atoms with Gasteiger partial charge in [0.2, 0.25) is 0 Å². The molecule has 2 aromatic rings. The van der Waals surface area contributed by atoms with Gasteiger partial charge < -0.3 is 19.2 Å². The first-order valence-corrected chi connectivity index (χ1v) is 7.78. The van der Waals surface area contributed by atoms with Gasteiger partial charge >= 0.3 is 5.97 Å². The Labute approximate surface area is 140 Å². The topological polar surface area (TPSA) is 77.8 Å². The van der Waals surface area contributed by atoms with Gasteiger partial charge in [-0.1, -0.05) is 25.5 Å². The maximum atomic E-state index is 11.8. The van der Waals surface area contributed by atoms with Crippen LogP contribution in [0.1, 0.15) is 35.2 Å². The summed E-state index contributed by atoms with van der Waals surface area (Å²) in [7, 11) is 1.26. The number of carbonyl (C=O) groups excluding carboxylic acids is 2. The highest BCUT2D eigenvalue weighted by Gasteiger charge is 2.12. The van der Waals surface area contributed by atoms with E-state index < -0.39 is 11.9 Å². The van der Waals surface area contributed by atoms with Crippen molar-refractivity contribution in [3.05, 3.63) is 53.5 Å². The van der Waals surface area contributed by atoms with Gasteiger partial charge in [0, 0.05) is 0 Å². The van der Waals surface area contributed by atoms with Crippen LogP contribution in [-0.2, 0) is 22.6 Å². The van der Waals surface area contributed by atoms with Crippen molar-refractivity contribution in [3.8, 4) is 5.75 Å². The molecule has 0 radical (unpaired) electrons. The zero-order chi connectivity index (χ0) is 17.4. The number of amides is 1. The molecule has 0 aliphatic heterocycles. The predicted octanol–water partition coefficient (Wildman–Crippen LogP) is 2.71. The first-order valence-electron chi connectivity index (χ1n) is 7.78. The number of aryl methyl sites for hydroxylation is 1. The minimum Gasteiger partial charge on any atom is -0.486 e. The molecule has 0 saturated heterocycles. The Morgan fingerprint density at radius 2 is 1.88 bits per heavy atom. The minimum absolute atomic E-state index is 0.121. The third-order valence-electron chi connectivity index (χ3n) is 3.35. The molecule has 0 aliphatic rings. The van der Waals surface area contributed by atoms with Gasteiger partial charge in [-0.2, -0.15) is 0 Å². The van der Waals surface area contributed by atoms with Crippen LogP contribution in [0.15, 0.2) is 40.8 Å². The Morgan fingerprint density at radius 1 is 1.12 bits per heavy atom. The zero-order valence-corrected chi connectivity index (χ0v) is 13.8. The molecule has 1 aromatic carbocycles. The fraction of sp³-hybridized carbons (Fsp3) is 0.333.